The predicted molar refractivity (Wildman–Crippen MR) is 119 cm³/mol. The lowest BCUT2D eigenvalue weighted by Gasteiger charge is -2.28. The number of benzene rings is 2. The van der Waals surface area contributed by atoms with E-state index in [9.17, 15) is 0 Å². The average molecular weight is 393 g/mol. The van der Waals surface area contributed by atoms with E-state index in [1.165, 1.54) is 32.1 Å². The van der Waals surface area contributed by atoms with Crippen LogP contribution in [0, 0.1) is 5.92 Å². The van der Waals surface area contributed by atoms with E-state index in [1.54, 1.807) is 0 Å². The molecule has 2 aromatic carbocycles. The Morgan fingerprint density at radius 2 is 1.86 bits per heavy atom. The lowest BCUT2D eigenvalue weighted by atomic mass is 9.89. The van der Waals surface area contributed by atoms with Gasteiger partial charge >= 0.3 is 0 Å². The highest BCUT2D eigenvalue weighted by atomic mass is 16.5. The van der Waals surface area contributed by atoms with Gasteiger partial charge < -0.3 is 20.7 Å². The molecule has 5 heteroatoms. The quantitative estimate of drug-likeness (QED) is 0.634. The normalized spacial score (nSPS) is 17.0. The number of para-hydroxylation sites is 1. The van der Waals surface area contributed by atoms with Gasteiger partial charge in [-0.25, -0.2) is 4.99 Å². The van der Waals surface area contributed by atoms with Gasteiger partial charge in [0.1, 0.15) is 11.5 Å². The van der Waals surface area contributed by atoms with Crippen LogP contribution in [0.15, 0.2) is 53.5 Å². The van der Waals surface area contributed by atoms with Gasteiger partial charge in [-0.3, -0.25) is 0 Å². The second-order valence-electron chi connectivity index (χ2n) is 8.16. The Bertz CT molecular complexity index is 815. The Kier molecular flexibility index (Phi) is 6.67. The van der Waals surface area contributed by atoms with E-state index in [2.05, 4.69) is 21.3 Å². The summed E-state index contributed by atoms with van der Waals surface area (Å²) in [5.41, 5.74) is 8.31. The molecule has 0 saturated heterocycles. The van der Waals surface area contributed by atoms with E-state index >= 15 is 0 Å². The maximum Gasteiger partial charge on any atom is 0.196 e. The first-order chi connectivity index (χ1) is 14.3. The molecule has 1 aliphatic carbocycles. The van der Waals surface area contributed by atoms with Crippen molar-refractivity contribution in [2.24, 2.45) is 16.6 Å². The van der Waals surface area contributed by atoms with Crippen LogP contribution >= 0.6 is 0 Å². The monoisotopic (exact) mass is 392 g/mol. The molecular formula is C24H32N4O. The summed E-state index contributed by atoms with van der Waals surface area (Å²) < 4.78 is 5.97. The Morgan fingerprint density at radius 3 is 2.69 bits per heavy atom. The van der Waals surface area contributed by atoms with Crippen LogP contribution in [0.4, 0.5) is 5.69 Å². The molecule has 0 unspecified atom stereocenters. The summed E-state index contributed by atoms with van der Waals surface area (Å²) in [6, 6.07) is 15.9. The number of rotatable bonds is 8. The van der Waals surface area contributed by atoms with E-state index in [0.29, 0.717) is 5.96 Å². The molecule has 1 fully saturated rings. The second-order valence-corrected chi connectivity index (χ2v) is 8.16. The molecule has 1 heterocycles. The third kappa shape index (κ3) is 5.51. The minimum Gasteiger partial charge on any atom is -0.457 e. The molecule has 0 bridgehead atoms. The van der Waals surface area contributed by atoms with Gasteiger partial charge in [-0.1, -0.05) is 37.5 Å². The topological polar surface area (TPSA) is 62.9 Å². The zero-order valence-electron chi connectivity index (χ0n) is 17.1. The number of fused-ring (bicyclic) bond motifs is 1. The van der Waals surface area contributed by atoms with Crippen LogP contribution in [-0.4, -0.2) is 30.5 Å². The third-order valence-corrected chi connectivity index (χ3v) is 5.89. The predicted octanol–water partition coefficient (Wildman–Crippen LogP) is 4.80. The van der Waals surface area contributed by atoms with Crippen molar-refractivity contribution < 1.29 is 4.74 Å². The number of hydrogen-bond donors (Lipinski definition) is 2. The first-order valence-corrected chi connectivity index (χ1v) is 10.9. The second kappa shape index (κ2) is 9.79. The number of hydrogen-bond acceptors (Lipinski definition) is 5. The average Bonchev–Trinajstić information content (AvgIpc) is 2.75. The molecule has 1 aliphatic heterocycles. The number of aliphatic imine (C=N–C) groups is 1. The van der Waals surface area contributed by atoms with Gasteiger partial charge in [0.2, 0.25) is 0 Å². The minimum absolute atomic E-state index is 0.613. The van der Waals surface area contributed by atoms with Gasteiger partial charge in [0, 0.05) is 18.7 Å². The van der Waals surface area contributed by atoms with Crippen LogP contribution in [0.3, 0.4) is 0 Å². The molecular weight excluding hydrogens is 360 g/mol. The molecule has 2 aliphatic rings. The van der Waals surface area contributed by atoms with Gasteiger partial charge in [0.05, 0.1) is 5.69 Å². The van der Waals surface area contributed by atoms with E-state index in [0.717, 1.165) is 61.3 Å². The summed E-state index contributed by atoms with van der Waals surface area (Å²) in [7, 11) is 0. The van der Waals surface area contributed by atoms with Gasteiger partial charge in [0.15, 0.2) is 5.96 Å². The molecule has 0 aromatic heterocycles. The van der Waals surface area contributed by atoms with Crippen molar-refractivity contribution in [1.29, 1.82) is 0 Å². The summed E-state index contributed by atoms with van der Waals surface area (Å²) in [6.45, 7) is 3.88. The van der Waals surface area contributed by atoms with Crippen molar-refractivity contribution in [1.82, 2.24) is 10.2 Å². The fourth-order valence-electron chi connectivity index (χ4n) is 4.25. The number of nitrogens with zero attached hydrogens (tertiary/aromatic N) is 2. The van der Waals surface area contributed by atoms with Gasteiger partial charge in [-0.15, -0.1) is 0 Å². The highest BCUT2D eigenvalue weighted by Gasteiger charge is 2.18. The fraction of sp³-hybridized carbons (Fsp3) is 0.458. The summed E-state index contributed by atoms with van der Waals surface area (Å²) in [5, 5.41) is 3.64. The van der Waals surface area contributed by atoms with Crippen molar-refractivity contribution in [2.75, 3.05) is 19.6 Å². The Balaban J connectivity index is 1.27. The first kappa shape index (κ1) is 19.8. The van der Waals surface area contributed by atoms with Crippen molar-refractivity contribution in [2.45, 2.75) is 45.1 Å². The van der Waals surface area contributed by atoms with Crippen molar-refractivity contribution in [3.8, 4) is 11.5 Å². The summed E-state index contributed by atoms with van der Waals surface area (Å²) >= 11 is 0. The van der Waals surface area contributed by atoms with Crippen LogP contribution < -0.4 is 15.8 Å². The minimum atomic E-state index is 0.613. The Hall–Kier alpha value is -2.53. The summed E-state index contributed by atoms with van der Waals surface area (Å²) in [6.07, 6.45) is 8.08. The van der Waals surface area contributed by atoms with Gasteiger partial charge in [0.25, 0.3) is 0 Å². The zero-order chi connectivity index (χ0) is 19.9. The fourth-order valence-corrected chi connectivity index (χ4v) is 4.25. The number of nitrogens with two attached hydrogens (primary N) is 1. The molecule has 0 amide bonds. The van der Waals surface area contributed by atoms with Crippen LogP contribution in [0.1, 0.15) is 44.1 Å². The maximum absolute atomic E-state index is 6.21. The van der Waals surface area contributed by atoms with Crippen molar-refractivity contribution in [3.05, 3.63) is 54.1 Å². The van der Waals surface area contributed by atoms with Crippen LogP contribution in [0.25, 0.3) is 0 Å². The van der Waals surface area contributed by atoms with Gasteiger partial charge in [-0.05, 0) is 68.6 Å². The Labute approximate surface area is 174 Å². The number of nitrogens with one attached hydrogen (secondary N) is 1. The largest absolute Gasteiger partial charge is 0.457 e. The summed E-state index contributed by atoms with van der Waals surface area (Å²) in [4.78, 5) is 6.76. The van der Waals surface area contributed by atoms with Crippen LogP contribution in [-0.2, 0) is 6.54 Å². The van der Waals surface area contributed by atoms with Gasteiger partial charge in [-0.2, -0.15) is 0 Å². The Morgan fingerprint density at radius 1 is 1.03 bits per heavy atom. The number of ether oxygens (including phenoxy) is 1. The van der Waals surface area contributed by atoms with E-state index in [1.807, 2.05) is 42.5 Å². The SMILES string of the molecule is NC1=Nc2ccc(Oc3ccccc3)cc2CN1CCCNCC1CCCCC1. The molecule has 0 radical (unpaired) electrons. The van der Waals surface area contributed by atoms with Crippen LogP contribution in [0.5, 0.6) is 11.5 Å². The molecule has 3 N–H and O–H groups in total. The third-order valence-electron chi connectivity index (χ3n) is 5.89. The molecule has 29 heavy (non-hydrogen) atoms. The maximum atomic E-state index is 6.21. The lowest BCUT2D eigenvalue weighted by Crippen LogP contribution is -2.40. The van der Waals surface area contributed by atoms with Crippen LogP contribution in [0.2, 0.25) is 0 Å². The molecule has 0 atom stereocenters. The molecule has 1 saturated carbocycles. The highest BCUT2D eigenvalue weighted by molar-refractivity contribution is 5.83. The van der Waals surface area contributed by atoms with Crippen molar-refractivity contribution >= 4 is 11.6 Å². The lowest BCUT2D eigenvalue weighted by molar-refractivity contribution is 0.335. The highest BCUT2D eigenvalue weighted by Crippen LogP contribution is 2.31. The molecule has 4 rings (SSSR count). The summed E-state index contributed by atoms with van der Waals surface area (Å²) in [5.74, 6) is 3.16. The standard InChI is InChI=1S/C24H32N4O/c25-24-27-23-13-12-22(29-21-10-5-2-6-11-21)16-20(23)18-28(24)15-7-14-26-17-19-8-3-1-4-9-19/h2,5-6,10-13,16,19,26H,1,3-4,7-9,14-15,17-18H2,(H2,25,27). The van der Waals surface area contributed by atoms with E-state index in [-0.39, 0.29) is 0 Å². The molecule has 0 spiro atoms. The first-order valence-electron chi connectivity index (χ1n) is 10.9. The van der Waals surface area contributed by atoms with E-state index in [4.69, 9.17) is 10.5 Å². The molecule has 154 valence electrons. The van der Waals surface area contributed by atoms with E-state index < -0.39 is 0 Å². The molecule has 5 nitrogen and oxygen atoms in total. The zero-order valence-corrected chi connectivity index (χ0v) is 17.1. The molecule has 2 aromatic rings. The number of guanidine groups is 1. The van der Waals surface area contributed by atoms with Crippen molar-refractivity contribution in [3.63, 3.8) is 0 Å². The smallest absolute Gasteiger partial charge is 0.196 e.